The molecule has 0 unspecified atom stereocenters. The average Bonchev–Trinajstić information content (AvgIpc) is 2.42. The van der Waals surface area contributed by atoms with Crippen LogP contribution < -0.4 is 0 Å². The minimum Gasteiger partial charge on any atom is -0.386 e. The van der Waals surface area contributed by atoms with Gasteiger partial charge in [0.05, 0.1) is 11.1 Å². The third-order valence-electron chi connectivity index (χ3n) is 3.10. The molecule has 2 aromatic carbocycles. The highest BCUT2D eigenvalue weighted by Gasteiger charge is 2.27. The van der Waals surface area contributed by atoms with Gasteiger partial charge in [0, 0.05) is 11.1 Å². The Balaban J connectivity index is 2.38. The summed E-state index contributed by atoms with van der Waals surface area (Å²) in [5, 5.41) is 1.54. The number of benzene rings is 2. The maximum absolute atomic E-state index is 11.7. The first-order valence-electron chi connectivity index (χ1n) is 5.82. The summed E-state index contributed by atoms with van der Waals surface area (Å²) in [6, 6.07) is 8.90. The number of thiol groups is 1. The number of ether oxygens (including phenoxy) is 1. The highest BCUT2D eigenvalue weighted by molar-refractivity contribution is 7.80. The first kappa shape index (κ1) is 12.0. The predicted molar refractivity (Wildman–Crippen MR) is 76.6 cm³/mol. The summed E-state index contributed by atoms with van der Waals surface area (Å²) >= 11 is 4.13. The van der Waals surface area contributed by atoms with Crippen molar-refractivity contribution in [3.63, 3.8) is 0 Å². The lowest BCUT2D eigenvalue weighted by Crippen LogP contribution is -2.19. The van der Waals surface area contributed by atoms with Gasteiger partial charge < -0.3 is 4.74 Å². The molecule has 19 heavy (non-hydrogen) atoms. The van der Waals surface area contributed by atoms with Crippen molar-refractivity contribution >= 4 is 41.4 Å². The van der Waals surface area contributed by atoms with Crippen molar-refractivity contribution in [1.82, 2.24) is 0 Å². The van der Waals surface area contributed by atoms with E-state index < -0.39 is 11.9 Å². The summed E-state index contributed by atoms with van der Waals surface area (Å²) in [7, 11) is 0. The van der Waals surface area contributed by atoms with Gasteiger partial charge in [0.2, 0.25) is 0 Å². The first-order valence-corrected chi connectivity index (χ1v) is 6.45. The summed E-state index contributed by atoms with van der Waals surface area (Å²) < 4.78 is 4.72. The van der Waals surface area contributed by atoms with Gasteiger partial charge in [-0.25, -0.2) is 9.59 Å². The highest BCUT2D eigenvalue weighted by Crippen LogP contribution is 2.31. The number of esters is 2. The normalized spacial score (nSPS) is 14.2. The van der Waals surface area contributed by atoms with Crippen LogP contribution in [0.4, 0.5) is 0 Å². The second kappa shape index (κ2) is 4.55. The van der Waals surface area contributed by atoms with Gasteiger partial charge in [-0.1, -0.05) is 30.4 Å². The highest BCUT2D eigenvalue weighted by atomic mass is 32.1. The van der Waals surface area contributed by atoms with Crippen molar-refractivity contribution in [3.05, 3.63) is 53.1 Å². The van der Waals surface area contributed by atoms with Gasteiger partial charge in [0.25, 0.3) is 0 Å². The van der Waals surface area contributed by atoms with Gasteiger partial charge in [-0.3, -0.25) is 0 Å². The topological polar surface area (TPSA) is 43.4 Å². The molecule has 0 saturated heterocycles. The van der Waals surface area contributed by atoms with Crippen LogP contribution >= 0.6 is 12.6 Å². The molecule has 3 nitrogen and oxygen atoms in total. The molecule has 0 atom stereocenters. The van der Waals surface area contributed by atoms with Crippen LogP contribution in [0, 0.1) is 0 Å². The van der Waals surface area contributed by atoms with Crippen LogP contribution in [-0.2, 0) is 4.74 Å². The van der Waals surface area contributed by atoms with Gasteiger partial charge in [-0.05, 0) is 23.1 Å². The smallest absolute Gasteiger partial charge is 0.346 e. The third-order valence-corrected chi connectivity index (χ3v) is 3.31. The third kappa shape index (κ3) is 1.85. The molecule has 0 fully saturated rings. The summed E-state index contributed by atoms with van der Waals surface area (Å²) in [6.07, 6.45) is 3.84. The Morgan fingerprint density at radius 1 is 1.05 bits per heavy atom. The predicted octanol–water partition coefficient (Wildman–Crippen LogP) is 3.09. The quantitative estimate of drug-likeness (QED) is 0.518. The number of carbonyl (C=O) groups excluding carboxylic acids is 2. The molecule has 1 aliphatic rings. The fourth-order valence-electron chi connectivity index (χ4n) is 2.29. The molecule has 0 bridgehead atoms. The van der Waals surface area contributed by atoms with Crippen LogP contribution in [0.1, 0.15) is 26.3 Å². The second-order valence-corrected chi connectivity index (χ2v) is 4.56. The summed E-state index contributed by atoms with van der Waals surface area (Å²) in [4.78, 5) is 23.5. The monoisotopic (exact) mass is 270 g/mol. The molecule has 0 amide bonds. The molecule has 3 rings (SSSR count). The van der Waals surface area contributed by atoms with E-state index in [1.165, 1.54) is 0 Å². The van der Waals surface area contributed by atoms with E-state index >= 15 is 0 Å². The molecular formula is C15H10O3S. The largest absolute Gasteiger partial charge is 0.386 e. The Bertz CT molecular complexity index is 711. The van der Waals surface area contributed by atoms with E-state index in [2.05, 4.69) is 12.6 Å². The zero-order valence-corrected chi connectivity index (χ0v) is 10.8. The van der Waals surface area contributed by atoms with E-state index in [1.807, 2.05) is 24.3 Å². The van der Waals surface area contributed by atoms with Gasteiger partial charge in [0.1, 0.15) is 0 Å². The van der Waals surface area contributed by atoms with Crippen molar-refractivity contribution in [1.29, 1.82) is 0 Å². The van der Waals surface area contributed by atoms with Crippen LogP contribution in [-0.4, -0.2) is 17.7 Å². The van der Waals surface area contributed by atoms with Crippen LogP contribution in [0.25, 0.3) is 16.8 Å². The van der Waals surface area contributed by atoms with Crippen molar-refractivity contribution in [3.8, 4) is 0 Å². The van der Waals surface area contributed by atoms with Crippen LogP contribution in [0.15, 0.2) is 36.4 Å². The van der Waals surface area contributed by atoms with Crippen molar-refractivity contribution in [2.45, 2.75) is 0 Å². The van der Waals surface area contributed by atoms with Crippen LogP contribution in [0.2, 0.25) is 0 Å². The Morgan fingerprint density at radius 2 is 1.79 bits per heavy atom. The lowest BCUT2D eigenvalue weighted by Gasteiger charge is -2.16. The molecule has 0 aliphatic carbocycles. The first-order chi connectivity index (χ1) is 9.22. The summed E-state index contributed by atoms with van der Waals surface area (Å²) in [6.45, 7) is 0. The van der Waals surface area contributed by atoms with E-state index in [1.54, 1.807) is 18.2 Å². The number of hydrogen-bond acceptors (Lipinski definition) is 4. The molecule has 0 N–H and O–H groups in total. The standard InChI is InChI=1S/C15H10O3S/c16-14-11-5-1-4-10-9(3-2-8-19)6-7-12(13(10)11)15(17)18-14/h1-7,19H,8H2. The van der Waals surface area contributed by atoms with Gasteiger partial charge in [0.15, 0.2) is 0 Å². The molecule has 0 saturated carbocycles. The number of hydrogen-bond donors (Lipinski definition) is 1. The minimum absolute atomic E-state index is 0.438. The van der Waals surface area contributed by atoms with E-state index in [9.17, 15) is 9.59 Å². The second-order valence-electron chi connectivity index (χ2n) is 4.19. The lowest BCUT2D eigenvalue weighted by molar-refractivity contribution is 0.0391. The minimum atomic E-state index is -0.585. The fourth-order valence-corrected chi connectivity index (χ4v) is 2.39. The van der Waals surface area contributed by atoms with Crippen molar-refractivity contribution < 1.29 is 14.3 Å². The summed E-state index contributed by atoms with van der Waals surface area (Å²) in [5.41, 5.74) is 1.83. The number of cyclic esters (lactones) is 2. The van der Waals surface area contributed by atoms with E-state index in [-0.39, 0.29) is 0 Å². The summed E-state index contributed by atoms with van der Waals surface area (Å²) in [5.74, 6) is -0.541. The average molecular weight is 270 g/mol. The molecule has 0 aromatic heterocycles. The Kier molecular flexibility index (Phi) is 2.87. The zero-order valence-electron chi connectivity index (χ0n) is 9.92. The maximum atomic E-state index is 11.7. The molecule has 1 aliphatic heterocycles. The van der Waals surface area contributed by atoms with Crippen LogP contribution in [0.5, 0.6) is 0 Å². The Labute approximate surface area is 115 Å². The van der Waals surface area contributed by atoms with Crippen molar-refractivity contribution in [2.24, 2.45) is 0 Å². The number of rotatable bonds is 2. The molecule has 0 spiro atoms. The van der Waals surface area contributed by atoms with E-state index in [0.29, 0.717) is 22.3 Å². The fraction of sp³-hybridized carbons (Fsp3) is 0.0667. The SMILES string of the molecule is O=C1OC(=O)c2ccc(C=CCS)c3cccc1c23. The Morgan fingerprint density at radius 3 is 2.53 bits per heavy atom. The van der Waals surface area contributed by atoms with E-state index in [0.717, 1.165) is 10.9 Å². The molecule has 94 valence electrons. The molecule has 1 heterocycles. The van der Waals surface area contributed by atoms with E-state index in [4.69, 9.17) is 4.74 Å². The lowest BCUT2D eigenvalue weighted by atomic mass is 9.94. The zero-order chi connectivity index (χ0) is 13.4. The maximum Gasteiger partial charge on any atom is 0.346 e. The number of carbonyl (C=O) groups is 2. The van der Waals surface area contributed by atoms with Gasteiger partial charge in [-0.2, -0.15) is 12.6 Å². The molecule has 4 heteroatoms. The Hall–Kier alpha value is -2.07. The molecule has 0 radical (unpaired) electrons. The van der Waals surface area contributed by atoms with Crippen LogP contribution in [0.3, 0.4) is 0 Å². The molecular weight excluding hydrogens is 260 g/mol. The van der Waals surface area contributed by atoms with Gasteiger partial charge >= 0.3 is 11.9 Å². The molecule has 2 aromatic rings. The van der Waals surface area contributed by atoms with Crippen molar-refractivity contribution in [2.75, 3.05) is 5.75 Å². The van der Waals surface area contributed by atoms with Gasteiger partial charge in [-0.15, -0.1) is 0 Å².